The molecule has 1 amide bonds. The van der Waals surface area contributed by atoms with Crippen molar-refractivity contribution in [2.45, 2.75) is 50.2 Å². The van der Waals surface area contributed by atoms with Crippen LogP contribution in [0.25, 0.3) is 0 Å². The van der Waals surface area contributed by atoms with Crippen LogP contribution in [-0.2, 0) is 11.2 Å². The molecule has 2 fully saturated rings. The molecule has 0 radical (unpaired) electrons. The lowest BCUT2D eigenvalue weighted by Gasteiger charge is -2.29. The zero-order chi connectivity index (χ0) is 14.1. The second kappa shape index (κ2) is 6.95. The highest BCUT2D eigenvalue weighted by atomic mass is 35.5. The summed E-state index contributed by atoms with van der Waals surface area (Å²) >= 11 is 5.94. The van der Waals surface area contributed by atoms with E-state index >= 15 is 0 Å². The fourth-order valence-corrected chi connectivity index (χ4v) is 3.55. The Morgan fingerprint density at radius 2 is 2.00 bits per heavy atom. The number of hydrogen-bond donors (Lipinski definition) is 2. The van der Waals surface area contributed by atoms with E-state index in [1.54, 1.807) is 12.1 Å². The average Bonchev–Trinajstić information content (AvgIpc) is 2.73. The van der Waals surface area contributed by atoms with Crippen LogP contribution in [0.1, 0.15) is 31.2 Å². The summed E-state index contributed by atoms with van der Waals surface area (Å²) in [5.41, 5.74) is 0.281. The van der Waals surface area contributed by atoms with E-state index in [4.69, 9.17) is 11.6 Å². The van der Waals surface area contributed by atoms with Crippen molar-refractivity contribution in [3.63, 3.8) is 0 Å². The molecule has 1 aromatic carbocycles. The second-order valence-corrected chi connectivity index (χ2v) is 6.16. The van der Waals surface area contributed by atoms with Gasteiger partial charge in [-0.3, -0.25) is 4.79 Å². The highest BCUT2D eigenvalue weighted by Crippen LogP contribution is 2.27. The van der Waals surface area contributed by atoms with Crippen LogP contribution in [0.15, 0.2) is 18.2 Å². The standard InChI is InChI=1S/C15H18ClFN2O.ClH/c16-13-2-1-3-14(17)12(13)8-15(20)19-11-6-9-4-5-10(7-11)18-9;/h1-3,9-11,18H,4-8H2,(H,19,20);1H. The van der Waals surface area contributed by atoms with Crippen LogP contribution in [0.4, 0.5) is 4.39 Å². The van der Waals surface area contributed by atoms with Crippen molar-refractivity contribution in [1.29, 1.82) is 0 Å². The molecule has 2 saturated heterocycles. The molecule has 2 atom stereocenters. The van der Waals surface area contributed by atoms with E-state index < -0.39 is 5.82 Å². The number of piperidine rings is 1. The number of fused-ring (bicyclic) bond motifs is 2. The molecule has 116 valence electrons. The number of nitrogens with one attached hydrogen (secondary N) is 2. The normalized spacial score (nSPS) is 27.0. The van der Waals surface area contributed by atoms with Gasteiger partial charge < -0.3 is 10.6 Å². The summed E-state index contributed by atoms with van der Waals surface area (Å²) in [5.74, 6) is -0.568. The molecule has 6 heteroatoms. The monoisotopic (exact) mass is 332 g/mol. The van der Waals surface area contributed by atoms with Crippen LogP contribution in [0.5, 0.6) is 0 Å². The lowest BCUT2D eigenvalue weighted by atomic mass is 9.99. The van der Waals surface area contributed by atoms with Crippen molar-refractivity contribution in [1.82, 2.24) is 10.6 Å². The number of benzene rings is 1. The van der Waals surface area contributed by atoms with E-state index in [9.17, 15) is 9.18 Å². The van der Waals surface area contributed by atoms with Gasteiger partial charge in [-0.1, -0.05) is 17.7 Å². The number of halogens is 3. The molecule has 0 saturated carbocycles. The molecule has 2 aliphatic heterocycles. The molecule has 2 heterocycles. The maximum atomic E-state index is 13.6. The third kappa shape index (κ3) is 3.87. The summed E-state index contributed by atoms with van der Waals surface area (Å²) in [4.78, 5) is 12.1. The summed E-state index contributed by atoms with van der Waals surface area (Å²) < 4.78 is 13.6. The van der Waals surface area contributed by atoms with Crippen LogP contribution >= 0.6 is 24.0 Å². The van der Waals surface area contributed by atoms with Crippen molar-refractivity contribution in [2.24, 2.45) is 0 Å². The van der Waals surface area contributed by atoms with E-state index in [1.165, 1.54) is 18.9 Å². The maximum absolute atomic E-state index is 13.6. The van der Waals surface area contributed by atoms with Crippen molar-refractivity contribution in [2.75, 3.05) is 0 Å². The van der Waals surface area contributed by atoms with Crippen LogP contribution in [0.2, 0.25) is 5.02 Å². The molecule has 2 aliphatic rings. The number of hydrogen-bond acceptors (Lipinski definition) is 2. The van der Waals surface area contributed by atoms with E-state index in [-0.39, 0.29) is 36.3 Å². The Kier molecular flexibility index (Phi) is 5.47. The fourth-order valence-electron chi connectivity index (χ4n) is 3.32. The predicted molar refractivity (Wildman–Crippen MR) is 83.5 cm³/mol. The molecule has 2 bridgehead atoms. The van der Waals surface area contributed by atoms with Crippen LogP contribution in [0.3, 0.4) is 0 Å². The van der Waals surface area contributed by atoms with Crippen molar-refractivity contribution in [3.8, 4) is 0 Å². The molecular formula is C15H19Cl2FN2O. The zero-order valence-electron chi connectivity index (χ0n) is 11.6. The molecule has 0 spiro atoms. The largest absolute Gasteiger partial charge is 0.353 e. The molecule has 3 nitrogen and oxygen atoms in total. The highest BCUT2D eigenvalue weighted by Gasteiger charge is 2.34. The summed E-state index contributed by atoms with van der Waals surface area (Å²) in [7, 11) is 0. The van der Waals surface area contributed by atoms with Gasteiger partial charge in [0.25, 0.3) is 0 Å². The van der Waals surface area contributed by atoms with E-state index in [0.29, 0.717) is 17.1 Å². The van der Waals surface area contributed by atoms with E-state index in [0.717, 1.165) is 12.8 Å². The van der Waals surface area contributed by atoms with Gasteiger partial charge in [-0.25, -0.2) is 4.39 Å². The number of carbonyl (C=O) groups is 1. The average molecular weight is 333 g/mol. The fraction of sp³-hybridized carbons (Fsp3) is 0.533. The Bertz CT molecular complexity index is 494. The molecule has 3 rings (SSSR count). The van der Waals surface area contributed by atoms with E-state index in [2.05, 4.69) is 10.6 Å². The number of rotatable bonds is 3. The molecule has 1 aromatic rings. The minimum Gasteiger partial charge on any atom is -0.353 e. The van der Waals surface area contributed by atoms with Gasteiger partial charge in [0.1, 0.15) is 5.82 Å². The van der Waals surface area contributed by atoms with Crippen LogP contribution < -0.4 is 10.6 Å². The Labute approximate surface area is 135 Å². The SMILES string of the molecule is Cl.O=C(Cc1c(F)cccc1Cl)NC1CC2CCC(C1)N2. The predicted octanol–water partition coefficient (Wildman–Crippen LogP) is 2.84. The Morgan fingerprint density at radius 1 is 1.33 bits per heavy atom. The lowest BCUT2D eigenvalue weighted by molar-refractivity contribution is -0.121. The molecule has 2 unspecified atom stereocenters. The number of carbonyl (C=O) groups excluding carboxylic acids is 1. The first-order valence-electron chi connectivity index (χ1n) is 7.10. The molecular weight excluding hydrogens is 314 g/mol. The summed E-state index contributed by atoms with van der Waals surface area (Å²) in [6.45, 7) is 0. The van der Waals surface area contributed by atoms with Crippen molar-refractivity contribution >= 4 is 29.9 Å². The van der Waals surface area contributed by atoms with E-state index in [1.807, 2.05) is 0 Å². The quantitative estimate of drug-likeness (QED) is 0.893. The van der Waals surface area contributed by atoms with Gasteiger partial charge in [-0.2, -0.15) is 0 Å². The first kappa shape index (κ1) is 16.5. The Hall–Kier alpha value is -0.840. The summed E-state index contributed by atoms with van der Waals surface area (Å²) in [6, 6.07) is 5.74. The van der Waals surface area contributed by atoms with Crippen molar-refractivity contribution in [3.05, 3.63) is 34.6 Å². The topological polar surface area (TPSA) is 41.1 Å². The summed E-state index contributed by atoms with van der Waals surface area (Å²) in [5, 5.41) is 6.86. The molecule has 0 aliphatic carbocycles. The van der Waals surface area contributed by atoms with Gasteiger partial charge in [0.15, 0.2) is 0 Å². The summed E-state index contributed by atoms with van der Waals surface area (Å²) in [6.07, 6.45) is 4.32. The number of amides is 1. The van der Waals surface area contributed by atoms with Gasteiger partial charge in [0, 0.05) is 28.7 Å². The van der Waals surface area contributed by atoms with Gasteiger partial charge in [-0.15, -0.1) is 12.4 Å². The first-order valence-corrected chi connectivity index (χ1v) is 7.48. The molecule has 0 aromatic heterocycles. The third-order valence-corrected chi connectivity index (χ3v) is 4.59. The van der Waals surface area contributed by atoms with Gasteiger partial charge >= 0.3 is 0 Å². The van der Waals surface area contributed by atoms with Crippen LogP contribution in [0, 0.1) is 5.82 Å². The lowest BCUT2D eigenvalue weighted by Crippen LogP contribution is -2.48. The smallest absolute Gasteiger partial charge is 0.224 e. The second-order valence-electron chi connectivity index (χ2n) is 5.75. The van der Waals surface area contributed by atoms with Crippen LogP contribution in [-0.4, -0.2) is 24.0 Å². The minimum atomic E-state index is -0.418. The maximum Gasteiger partial charge on any atom is 0.224 e. The highest BCUT2D eigenvalue weighted by molar-refractivity contribution is 6.31. The Morgan fingerprint density at radius 3 is 2.62 bits per heavy atom. The van der Waals surface area contributed by atoms with Gasteiger partial charge in [0.05, 0.1) is 6.42 Å². The zero-order valence-corrected chi connectivity index (χ0v) is 13.1. The van der Waals surface area contributed by atoms with Crippen molar-refractivity contribution < 1.29 is 9.18 Å². The first-order chi connectivity index (χ1) is 9.61. The Balaban J connectivity index is 0.00000161. The third-order valence-electron chi connectivity index (χ3n) is 4.24. The van der Waals surface area contributed by atoms with Gasteiger partial charge in [-0.05, 0) is 37.8 Å². The molecule has 2 N–H and O–H groups in total. The minimum absolute atomic E-state index is 0. The molecule has 21 heavy (non-hydrogen) atoms. The van der Waals surface area contributed by atoms with Gasteiger partial charge in [0.2, 0.25) is 5.91 Å².